The lowest BCUT2D eigenvalue weighted by Gasteiger charge is -2.17. The van der Waals surface area contributed by atoms with Gasteiger partial charge in [-0.2, -0.15) is 0 Å². The molecule has 0 N–H and O–H groups in total. The van der Waals surface area contributed by atoms with Crippen molar-refractivity contribution in [3.63, 3.8) is 0 Å². The molecule has 1 aromatic carbocycles. The summed E-state index contributed by atoms with van der Waals surface area (Å²) in [5.74, 6) is 1.43. The Morgan fingerprint density at radius 3 is 2.24 bits per heavy atom. The largest absolute Gasteiger partial charge is 0.118 e. The van der Waals surface area contributed by atoms with Gasteiger partial charge in [0.1, 0.15) is 0 Å². The summed E-state index contributed by atoms with van der Waals surface area (Å²) in [5.41, 5.74) is 2.74. The van der Waals surface area contributed by atoms with Gasteiger partial charge in [0.25, 0.3) is 0 Å². The standard InChI is InChI=1S/C16H23Cl/c1-12(2)11-13-7-9-15(10-8-13)16(17)14-5-3-4-6-14/h7-10,12,14,16H,3-6,11H2,1-2H3. The maximum atomic E-state index is 6.57. The second-order valence-corrected chi connectivity index (χ2v) is 6.26. The van der Waals surface area contributed by atoms with Crippen LogP contribution in [0.25, 0.3) is 0 Å². The molecule has 0 nitrogen and oxygen atoms in total. The fourth-order valence-electron chi connectivity index (χ4n) is 2.83. The Bertz CT molecular complexity index is 333. The quantitative estimate of drug-likeness (QED) is 0.632. The Kier molecular flexibility index (Phi) is 4.50. The van der Waals surface area contributed by atoms with Gasteiger partial charge in [0.2, 0.25) is 0 Å². The van der Waals surface area contributed by atoms with E-state index in [2.05, 4.69) is 38.1 Å². The Morgan fingerprint density at radius 2 is 1.71 bits per heavy atom. The SMILES string of the molecule is CC(C)Cc1ccc(C(Cl)C2CCCC2)cc1. The minimum atomic E-state index is 0.227. The number of halogens is 1. The first-order chi connectivity index (χ1) is 8.16. The molecule has 1 aliphatic carbocycles. The van der Waals surface area contributed by atoms with E-state index in [0.29, 0.717) is 5.92 Å². The predicted molar refractivity (Wildman–Crippen MR) is 75.5 cm³/mol. The van der Waals surface area contributed by atoms with Crippen LogP contribution in [0.1, 0.15) is 56.0 Å². The van der Waals surface area contributed by atoms with Crippen LogP contribution in [0.5, 0.6) is 0 Å². The van der Waals surface area contributed by atoms with Gasteiger partial charge < -0.3 is 0 Å². The molecule has 94 valence electrons. The highest BCUT2D eigenvalue weighted by molar-refractivity contribution is 6.21. The summed E-state index contributed by atoms with van der Waals surface area (Å²) < 4.78 is 0. The fourth-order valence-corrected chi connectivity index (χ4v) is 3.23. The minimum absolute atomic E-state index is 0.227. The summed E-state index contributed by atoms with van der Waals surface area (Å²) >= 11 is 6.57. The number of alkyl halides is 1. The molecule has 1 aliphatic rings. The first-order valence-electron chi connectivity index (χ1n) is 6.89. The summed E-state index contributed by atoms with van der Waals surface area (Å²) in [7, 11) is 0. The van der Waals surface area contributed by atoms with Crippen LogP contribution >= 0.6 is 11.6 Å². The summed E-state index contributed by atoms with van der Waals surface area (Å²) in [6.45, 7) is 4.52. The van der Waals surface area contributed by atoms with Gasteiger partial charge in [0, 0.05) is 0 Å². The third-order valence-corrected chi connectivity index (χ3v) is 4.36. The summed E-state index contributed by atoms with van der Waals surface area (Å²) in [4.78, 5) is 0. The van der Waals surface area contributed by atoms with Crippen molar-refractivity contribution < 1.29 is 0 Å². The van der Waals surface area contributed by atoms with Gasteiger partial charge in [-0.25, -0.2) is 0 Å². The molecule has 0 amide bonds. The van der Waals surface area contributed by atoms with E-state index >= 15 is 0 Å². The summed E-state index contributed by atoms with van der Waals surface area (Å²) in [6, 6.07) is 8.96. The molecule has 1 atom stereocenters. The average Bonchev–Trinajstić information content (AvgIpc) is 2.82. The fraction of sp³-hybridized carbons (Fsp3) is 0.625. The van der Waals surface area contributed by atoms with E-state index in [4.69, 9.17) is 11.6 Å². The lowest BCUT2D eigenvalue weighted by molar-refractivity contribution is 0.528. The molecule has 1 heteroatoms. The van der Waals surface area contributed by atoms with Gasteiger partial charge in [-0.1, -0.05) is 51.0 Å². The van der Waals surface area contributed by atoms with Crippen LogP contribution in [-0.2, 0) is 6.42 Å². The second-order valence-electron chi connectivity index (χ2n) is 5.79. The van der Waals surface area contributed by atoms with Gasteiger partial charge in [-0.15, -0.1) is 11.6 Å². The zero-order valence-corrected chi connectivity index (χ0v) is 11.7. The molecular formula is C16H23Cl. The molecular weight excluding hydrogens is 228 g/mol. The third-order valence-electron chi connectivity index (χ3n) is 3.76. The molecule has 0 saturated heterocycles. The molecule has 1 unspecified atom stereocenters. The normalized spacial score (nSPS) is 18.8. The third kappa shape index (κ3) is 3.48. The van der Waals surface area contributed by atoms with Crippen LogP contribution in [0.3, 0.4) is 0 Å². The Labute approximate surface area is 110 Å². The van der Waals surface area contributed by atoms with Crippen LogP contribution in [0.4, 0.5) is 0 Å². The van der Waals surface area contributed by atoms with Crippen molar-refractivity contribution in [1.82, 2.24) is 0 Å². The van der Waals surface area contributed by atoms with E-state index in [1.807, 2.05) is 0 Å². The number of rotatable bonds is 4. The van der Waals surface area contributed by atoms with E-state index < -0.39 is 0 Å². The van der Waals surface area contributed by atoms with E-state index in [9.17, 15) is 0 Å². The van der Waals surface area contributed by atoms with Crippen molar-refractivity contribution in [3.05, 3.63) is 35.4 Å². The topological polar surface area (TPSA) is 0 Å². The van der Waals surface area contributed by atoms with E-state index in [0.717, 1.165) is 12.3 Å². The zero-order chi connectivity index (χ0) is 12.3. The number of hydrogen-bond acceptors (Lipinski definition) is 0. The smallest absolute Gasteiger partial charge is 0.0613 e. The van der Waals surface area contributed by atoms with Gasteiger partial charge in [-0.3, -0.25) is 0 Å². The predicted octanol–water partition coefficient (Wildman–Crippen LogP) is 5.36. The second kappa shape index (κ2) is 5.91. The highest BCUT2D eigenvalue weighted by atomic mass is 35.5. The lowest BCUT2D eigenvalue weighted by atomic mass is 9.95. The van der Waals surface area contributed by atoms with Crippen LogP contribution in [0.2, 0.25) is 0 Å². The number of hydrogen-bond donors (Lipinski definition) is 0. The highest BCUT2D eigenvalue weighted by Gasteiger charge is 2.24. The first-order valence-corrected chi connectivity index (χ1v) is 7.33. The van der Waals surface area contributed by atoms with Crippen LogP contribution in [0, 0.1) is 11.8 Å². The van der Waals surface area contributed by atoms with Crippen molar-refractivity contribution in [2.75, 3.05) is 0 Å². The molecule has 0 heterocycles. The Hall–Kier alpha value is -0.490. The molecule has 2 rings (SSSR count). The molecule has 1 fully saturated rings. The molecule has 0 spiro atoms. The van der Waals surface area contributed by atoms with E-state index in [1.165, 1.54) is 36.8 Å². The number of benzene rings is 1. The highest BCUT2D eigenvalue weighted by Crippen LogP contribution is 2.39. The minimum Gasteiger partial charge on any atom is -0.118 e. The molecule has 0 aliphatic heterocycles. The van der Waals surface area contributed by atoms with Crippen molar-refractivity contribution in [2.24, 2.45) is 11.8 Å². The average molecular weight is 251 g/mol. The Morgan fingerprint density at radius 1 is 1.12 bits per heavy atom. The molecule has 1 saturated carbocycles. The molecule has 0 bridgehead atoms. The zero-order valence-electron chi connectivity index (χ0n) is 11.0. The van der Waals surface area contributed by atoms with Gasteiger partial charge in [0.15, 0.2) is 0 Å². The van der Waals surface area contributed by atoms with Gasteiger partial charge in [-0.05, 0) is 42.2 Å². The summed E-state index contributed by atoms with van der Waals surface area (Å²) in [5, 5.41) is 0.227. The molecule has 0 radical (unpaired) electrons. The monoisotopic (exact) mass is 250 g/mol. The van der Waals surface area contributed by atoms with Crippen molar-refractivity contribution in [1.29, 1.82) is 0 Å². The lowest BCUT2D eigenvalue weighted by Crippen LogP contribution is -2.03. The molecule has 17 heavy (non-hydrogen) atoms. The molecule has 1 aromatic rings. The maximum absolute atomic E-state index is 6.57. The summed E-state index contributed by atoms with van der Waals surface area (Å²) in [6.07, 6.45) is 6.50. The maximum Gasteiger partial charge on any atom is 0.0613 e. The van der Waals surface area contributed by atoms with Gasteiger partial charge >= 0.3 is 0 Å². The Balaban J connectivity index is 2.01. The van der Waals surface area contributed by atoms with Crippen LogP contribution in [0.15, 0.2) is 24.3 Å². The van der Waals surface area contributed by atoms with Crippen molar-refractivity contribution >= 4 is 11.6 Å². The van der Waals surface area contributed by atoms with Crippen LogP contribution < -0.4 is 0 Å². The van der Waals surface area contributed by atoms with Crippen LogP contribution in [-0.4, -0.2) is 0 Å². The van der Waals surface area contributed by atoms with Crippen molar-refractivity contribution in [3.8, 4) is 0 Å². The van der Waals surface area contributed by atoms with Crippen molar-refractivity contribution in [2.45, 2.75) is 51.3 Å². The molecule has 0 aromatic heterocycles. The first kappa shape index (κ1) is 13.0. The van der Waals surface area contributed by atoms with E-state index in [1.54, 1.807) is 0 Å². The van der Waals surface area contributed by atoms with E-state index in [-0.39, 0.29) is 5.38 Å². The van der Waals surface area contributed by atoms with Gasteiger partial charge in [0.05, 0.1) is 5.38 Å².